The largest absolute Gasteiger partial charge is 0.465 e. The summed E-state index contributed by atoms with van der Waals surface area (Å²) < 4.78 is 4.82. The van der Waals surface area contributed by atoms with E-state index in [1.165, 1.54) is 7.11 Å². The summed E-state index contributed by atoms with van der Waals surface area (Å²) in [7, 11) is 5.09. The van der Waals surface area contributed by atoms with Crippen LogP contribution in [0, 0.1) is 0 Å². The van der Waals surface area contributed by atoms with E-state index in [0.29, 0.717) is 41.2 Å². The number of nitrogens with one attached hydrogen (secondary N) is 2. The highest BCUT2D eigenvalue weighted by Gasteiger charge is 2.29. The Morgan fingerprint density at radius 1 is 0.949 bits per heavy atom. The third-order valence-electron chi connectivity index (χ3n) is 6.43. The molecule has 0 aliphatic carbocycles. The molecule has 2 N–H and O–H groups in total. The predicted octanol–water partition coefficient (Wildman–Crippen LogP) is 5.10. The standard InChI is InChI=1S/C31H34N4O4/c1-5-6-18-35(27(36)20-34(2)3)24-15-13-23(14-16-24)32-29(21-10-8-7-9-11-21)28-25-17-12-22(31(38)39-4)19-26(25)33-30(28)37/h7-17,19,32H,5-6,18,20H2,1-4H3,(H,33,37)/b29-28-. The quantitative estimate of drug-likeness (QED) is 0.282. The molecular formula is C31H34N4O4. The maximum Gasteiger partial charge on any atom is 0.337 e. The fourth-order valence-electron chi connectivity index (χ4n) is 4.49. The highest BCUT2D eigenvalue weighted by atomic mass is 16.5. The number of nitrogens with zero attached hydrogens (tertiary/aromatic N) is 2. The van der Waals surface area contributed by atoms with Crippen molar-refractivity contribution in [2.45, 2.75) is 19.8 Å². The maximum absolute atomic E-state index is 13.2. The molecule has 0 fully saturated rings. The predicted molar refractivity (Wildman–Crippen MR) is 156 cm³/mol. The Balaban J connectivity index is 1.71. The van der Waals surface area contributed by atoms with E-state index in [9.17, 15) is 14.4 Å². The lowest BCUT2D eigenvalue weighted by atomic mass is 9.99. The van der Waals surface area contributed by atoms with Crippen LogP contribution in [-0.2, 0) is 14.3 Å². The molecule has 0 spiro atoms. The minimum Gasteiger partial charge on any atom is -0.465 e. The lowest BCUT2D eigenvalue weighted by Crippen LogP contribution is -2.38. The number of carbonyl (C=O) groups excluding carboxylic acids is 3. The number of hydrogen-bond donors (Lipinski definition) is 2. The van der Waals surface area contributed by atoms with Gasteiger partial charge in [-0.2, -0.15) is 0 Å². The lowest BCUT2D eigenvalue weighted by molar-refractivity contribution is -0.119. The Labute approximate surface area is 229 Å². The zero-order chi connectivity index (χ0) is 27.9. The van der Waals surface area contributed by atoms with E-state index in [1.807, 2.05) is 78.5 Å². The molecule has 1 heterocycles. The molecule has 1 aliphatic rings. The van der Waals surface area contributed by atoms with Gasteiger partial charge in [-0.25, -0.2) is 4.79 Å². The van der Waals surface area contributed by atoms with Gasteiger partial charge >= 0.3 is 5.97 Å². The van der Waals surface area contributed by atoms with Crippen molar-refractivity contribution in [2.24, 2.45) is 0 Å². The molecule has 0 radical (unpaired) electrons. The summed E-state index contributed by atoms with van der Waals surface area (Å²) in [5.74, 6) is -0.690. The van der Waals surface area contributed by atoms with Gasteiger partial charge in [-0.15, -0.1) is 0 Å². The number of carbonyl (C=O) groups is 3. The summed E-state index contributed by atoms with van der Waals surface area (Å²) in [6.07, 6.45) is 1.90. The lowest BCUT2D eigenvalue weighted by Gasteiger charge is -2.25. The van der Waals surface area contributed by atoms with Crippen molar-refractivity contribution >= 4 is 46.1 Å². The molecular weight excluding hydrogens is 492 g/mol. The number of fused-ring (bicyclic) bond motifs is 1. The molecule has 0 unspecified atom stereocenters. The van der Waals surface area contributed by atoms with E-state index < -0.39 is 5.97 Å². The van der Waals surface area contributed by atoms with Crippen molar-refractivity contribution in [1.29, 1.82) is 0 Å². The van der Waals surface area contributed by atoms with E-state index >= 15 is 0 Å². The number of benzene rings is 3. The molecule has 0 bridgehead atoms. The molecule has 3 aromatic carbocycles. The topological polar surface area (TPSA) is 91.0 Å². The minimum absolute atomic E-state index is 0.0480. The van der Waals surface area contributed by atoms with Gasteiger partial charge in [-0.3, -0.25) is 9.59 Å². The second-order valence-electron chi connectivity index (χ2n) is 9.63. The second-order valence-corrected chi connectivity index (χ2v) is 9.63. The number of esters is 1. The van der Waals surface area contributed by atoms with Crippen LogP contribution in [0.3, 0.4) is 0 Å². The monoisotopic (exact) mass is 526 g/mol. The number of anilines is 3. The molecule has 4 rings (SSSR count). The summed E-state index contributed by atoms with van der Waals surface area (Å²) in [5, 5.41) is 6.33. The van der Waals surface area contributed by atoms with Crippen LogP contribution in [0.4, 0.5) is 17.1 Å². The van der Waals surface area contributed by atoms with Gasteiger partial charge in [0.2, 0.25) is 5.91 Å². The summed E-state index contributed by atoms with van der Waals surface area (Å²) in [6, 6.07) is 22.3. The molecule has 39 heavy (non-hydrogen) atoms. The zero-order valence-corrected chi connectivity index (χ0v) is 22.8. The average Bonchev–Trinajstić information content (AvgIpc) is 3.26. The smallest absolute Gasteiger partial charge is 0.337 e. The molecule has 8 nitrogen and oxygen atoms in total. The molecule has 0 atom stereocenters. The van der Waals surface area contributed by atoms with Gasteiger partial charge in [0.25, 0.3) is 5.91 Å². The Kier molecular flexibility index (Phi) is 8.78. The first-order valence-electron chi connectivity index (χ1n) is 13.0. The SMILES string of the molecule is CCCCN(C(=O)CN(C)C)c1ccc(N/C(=C2\C(=O)Nc3cc(C(=O)OC)ccc32)c2ccccc2)cc1. The van der Waals surface area contributed by atoms with Crippen molar-refractivity contribution in [3.63, 3.8) is 0 Å². The van der Waals surface area contributed by atoms with Crippen molar-refractivity contribution in [1.82, 2.24) is 4.90 Å². The number of amides is 2. The Hall–Kier alpha value is -4.43. The van der Waals surface area contributed by atoms with Gasteiger partial charge in [0, 0.05) is 23.5 Å². The van der Waals surface area contributed by atoms with Crippen LogP contribution in [0.2, 0.25) is 0 Å². The number of rotatable bonds is 10. The summed E-state index contributed by atoms with van der Waals surface area (Å²) in [5.41, 5.74) is 5.15. The van der Waals surface area contributed by atoms with Gasteiger partial charge in [-0.05, 0) is 62.5 Å². The number of methoxy groups -OCH3 is 1. The first-order valence-corrected chi connectivity index (χ1v) is 13.0. The van der Waals surface area contributed by atoms with Crippen molar-refractivity contribution in [3.8, 4) is 0 Å². The molecule has 8 heteroatoms. The van der Waals surface area contributed by atoms with Crippen molar-refractivity contribution in [2.75, 3.05) is 49.8 Å². The first-order chi connectivity index (χ1) is 18.8. The number of likely N-dealkylation sites (N-methyl/N-ethyl adjacent to an activating group) is 1. The molecule has 202 valence electrons. The number of unbranched alkanes of at least 4 members (excludes halogenated alkanes) is 1. The highest BCUT2D eigenvalue weighted by molar-refractivity contribution is 6.37. The maximum atomic E-state index is 13.2. The Bertz CT molecular complexity index is 1380. The van der Waals surface area contributed by atoms with Crippen molar-refractivity contribution < 1.29 is 19.1 Å². The summed E-state index contributed by atoms with van der Waals surface area (Å²) >= 11 is 0. The number of ether oxygens (including phenoxy) is 1. The zero-order valence-electron chi connectivity index (χ0n) is 22.8. The van der Waals surface area contributed by atoms with Crippen LogP contribution < -0.4 is 15.5 Å². The highest BCUT2D eigenvalue weighted by Crippen LogP contribution is 2.38. The Morgan fingerprint density at radius 3 is 2.31 bits per heavy atom. The third-order valence-corrected chi connectivity index (χ3v) is 6.43. The van der Waals surface area contributed by atoms with Crippen LogP contribution in [0.5, 0.6) is 0 Å². The van der Waals surface area contributed by atoms with Crippen molar-refractivity contribution in [3.05, 3.63) is 89.5 Å². The van der Waals surface area contributed by atoms with E-state index in [1.54, 1.807) is 18.2 Å². The van der Waals surface area contributed by atoms with Crippen LogP contribution in [-0.4, -0.2) is 57.0 Å². The van der Waals surface area contributed by atoms with Gasteiger partial charge < -0.3 is 25.2 Å². The molecule has 0 saturated heterocycles. The minimum atomic E-state index is -0.469. The summed E-state index contributed by atoms with van der Waals surface area (Å²) in [6.45, 7) is 3.09. The van der Waals surface area contributed by atoms with Crippen LogP contribution in [0.15, 0.2) is 72.8 Å². The molecule has 0 aromatic heterocycles. The summed E-state index contributed by atoms with van der Waals surface area (Å²) in [4.78, 5) is 41.8. The van der Waals surface area contributed by atoms with Crippen LogP contribution >= 0.6 is 0 Å². The van der Waals surface area contributed by atoms with Gasteiger partial charge in [0.05, 0.1) is 36.2 Å². The van der Waals surface area contributed by atoms with E-state index in [0.717, 1.165) is 29.8 Å². The number of hydrogen-bond acceptors (Lipinski definition) is 6. The van der Waals surface area contributed by atoms with Gasteiger partial charge in [-0.1, -0.05) is 49.7 Å². The molecule has 3 aromatic rings. The van der Waals surface area contributed by atoms with Gasteiger partial charge in [0.15, 0.2) is 0 Å². The van der Waals surface area contributed by atoms with Crippen LogP contribution in [0.1, 0.15) is 41.3 Å². The fraction of sp³-hybridized carbons (Fsp3) is 0.258. The third kappa shape index (κ3) is 6.35. The second kappa shape index (κ2) is 12.4. The van der Waals surface area contributed by atoms with Gasteiger partial charge in [0.1, 0.15) is 0 Å². The molecule has 0 saturated carbocycles. The van der Waals surface area contributed by atoms with E-state index in [-0.39, 0.29) is 11.8 Å². The van der Waals surface area contributed by atoms with E-state index in [2.05, 4.69) is 17.6 Å². The average molecular weight is 527 g/mol. The normalized spacial score (nSPS) is 13.5. The van der Waals surface area contributed by atoms with Crippen LogP contribution in [0.25, 0.3) is 11.3 Å². The van der Waals surface area contributed by atoms with E-state index in [4.69, 9.17) is 4.74 Å². The molecule has 2 amide bonds. The molecule has 1 aliphatic heterocycles. The first kappa shape index (κ1) is 27.6. The fourth-order valence-corrected chi connectivity index (χ4v) is 4.49. The Morgan fingerprint density at radius 2 is 1.67 bits per heavy atom.